The molecule has 0 spiro atoms. The molecule has 1 amide bonds. The van der Waals surface area contributed by atoms with Gasteiger partial charge >= 0.3 is 0 Å². The molecule has 2 heterocycles. The summed E-state index contributed by atoms with van der Waals surface area (Å²) < 4.78 is 5.76. The van der Waals surface area contributed by atoms with E-state index >= 15 is 0 Å². The first kappa shape index (κ1) is 24.4. The van der Waals surface area contributed by atoms with E-state index in [-0.39, 0.29) is 24.1 Å². The van der Waals surface area contributed by atoms with Gasteiger partial charge in [0.15, 0.2) is 0 Å². The van der Waals surface area contributed by atoms with Crippen molar-refractivity contribution in [2.45, 2.75) is 78.1 Å². The molecule has 4 rings (SSSR count). The van der Waals surface area contributed by atoms with Crippen molar-refractivity contribution < 1.29 is 9.53 Å². The molecule has 0 bridgehead atoms. The first-order chi connectivity index (χ1) is 16.5. The van der Waals surface area contributed by atoms with Gasteiger partial charge in [-0.2, -0.15) is 5.11 Å². The Hall–Kier alpha value is -2.73. The van der Waals surface area contributed by atoms with E-state index in [9.17, 15) is 4.79 Å². The monoisotopic (exact) mass is 462 g/mol. The van der Waals surface area contributed by atoms with Crippen molar-refractivity contribution in [3.63, 3.8) is 0 Å². The topological polar surface area (TPSA) is 57.5 Å². The minimum atomic E-state index is -0.0819. The maximum atomic E-state index is 13.5. The normalized spacial score (nSPS) is 19.1. The van der Waals surface area contributed by atoms with E-state index in [0.717, 1.165) is 48.2 Å². The van der Waals surface area contributed by atoms with Crippen LogP contribution in [0, 0.1) is 5.92 Å². The van der Waals surface area contributed by atoms with Crippen molar-refractivity contribution in [3.05, 3.63) is 65.2 Å². The van der Waals surface area contributed by atoms with Crippen molar-refractivity contribution in [1.29, 1.82) is 0 Å². The highest BCUT2D eigenvalue weighted by Gasteiger charge is 2.40. The Bertz CT molecular complexity index is 1000. The van der Waals surface area contributed by atoms with Crippen LogP contribution in [-0.2, 0) is 16.1 Å². The summed E-state index contributed by atoms with van der Waals surface area (Å²) in [6, 6.07) is 16.6. The number of fused-ring (bicyclic) bond motifs is 5. The molecule has 182 valence electrons. The Labute approximate surface area is 204 Å². The second-order valence-electron chi connectivity index (χ2n) is 10.1. The first-order valence-corrected chi connectivity index (χ1v) is 12.7. The van der Waals surface area contributed by atoms with Gasteiger partial charge in [-0.1, -0.05) is 68.0 Å². The molecule has 0 saturated carbocycles. The van der Waals surface area contributed by atoms with Gasteiger partial charge in [0, 0.05) is 30.8 Å². The average molecular weight is 463 g/mol. The highest BCUT2D eigenvalue weighted by molar-refractivity contribution is 5.94. The van der Waals surface area contributed by atoms with Gasteiger partial charge in [0.25, 0.3) is 0 Å². The lowest BCUT2D eigenvalue weighted by atomic mass is 9.87. The summed E-state index contributed by atoms with van der Waals surface area (Å²) in [5.41, 5.74) is 4.41. The smallest absolute Gasteiger partial charge is 0.227 e. The van der Waals surface area contributed by atoms with Crippen LogP contribution in [0.2, 0.25) is 0 Å². The third-order valence-electron chi connectivity index (χ3n) is 6.62. The van der Waals surface area contributed by atoms with Crippen LogP contribution in [0.5, 0.6) is 0 Å². The molecule has 0 fully saturated rings. The SMILES string of the molecule is CC(C)CCCC(=O)N1Cc2ccccc2C2N=NN(CCCOC(C)C)C2c2ccccc21. The van der Waals surface area contributed by atoms with E-state index in [4.69, 9.17) is 9.85 Å². The summed E-state index contributed by atoms with van der Waals surface area (Å²) in [4.78, 5) is 15.5. The molecule has 2 atom stereocenters. The fourth-order valence-corrected chi connectivity index (χ4v) is 4.92. The molecule has 2 aliphatic rings. The predicted octanol–water partition coefficient (Wildman–Crippen LogP) is 6.64. The van der Waals surface area contributed by atoms with Gasteiger partial charge < -0.3 is 9.64 Å². The maximum Gasteiger partial charge on any atom is 0.227 e. The zero-order chi connectivity index (χ0) is 24.1. The molecule has 6 nitrogen and oxygen atoms in total. The van der Waals surface area contributed by atoms with Crippen LogP contribution in [0.1, 0.15) is 82.2 Å². The lowest BCUT2D eigenvalue weighted by Crippen LogP contribution is -2.35. The fourth-order valence-electron chi connectivity index (χ4n) is 4.92. The lowest BCUT2D eigenvalue weighted by Gasteiger charge is -2.35. The maximum absolute atomic E-state index is 13.5. The number of carbonyl (C=O) groups excluding carboxylic acids is 1. The number of anilines is 1. The second kappa shape index (κ2) is 11.1. The van der Waals surface area contributed by atoms with E-state index in [1.165, 1.54) is 0 Å². The van der Waals surface area contributed by atoms with Gasteiger partial charge in [-0.3, -0.25) is 9.80 Å². The van der Waals surface area contributed by atoms with Crippen LogP contribution in [-0.4, -0.2) is 30.2 Å². The van der Waals surface area contributed by atoms with Gasteiger partial charge in [-0.05, 0) is 49.8 Å². The van der Waals surface area contributed by atoms with Gasteiger partial charge in [0.1, 0.15) is 12.1 Å². The highest BCUT2D eigenvalue weighted by Crippen LogP contribution is 2.48. The summed E-state index contributed by atoms with van der Waals surface area (Å²) >= 11 is 0. The number of hydrogen-bond donors (Lipinski definition) is 0. The number of hydrogen-bond acceptors (Lipinski definition) is 5. The van der Waals surface area contributed by atoms with Crippen LogP contribution in [0.4, 0.5) is 5.69 Å². The average Bonchev–Trinajstić information content (AvgIpc) is 3.22. The molecule has 0 aromatic heterocycles. The summed E-state index contributed by atoms with van der Waals surface area (Å²) in [5.74, 6) is 0.786. The number of nitrogens with zero attached hydrogens (tertiary/aromatic N) is 4. The standard InChI is InChI=1S/C28H38N4O2/c1-20(2)11-9-16-26(33)31-19-22-12-5-6-13-23(22)27-28(24-14-7-8-15-25(24)31)32(30-29-27)17-10-18-34-21(3)4/h5-8,12-15,20-21,27-28H,9-11,16-19H2,1-4H3. The summed E-state index contributed by atoms with van der Waals surface area (Å²) in [7, 11) is 0. The molecule has 2 aromatic rings. The number of benzene rings is 2. The number of rotatable bonds is 9. The Balaban J connectivity index is 1.67. The van der Waals surface area contributed by atoms with E-state index in [1.54, 1.807) is 0 Å². The Morgan fingerprint density at radius 1 is 1.03 bits per heavy atom. The van der Waals surface area contributed by atoms with Crippen LogP contribution in [0.15, 0.2) is 58.9 Å². The third kappa shape index (κ3) is 5.49. The minimum absolute atomic E-state index is 0.0392. The first-order valence-electron chi connectivity index (χ1n) is 12.7. The molecule has 2 unspecified atom stereocenters. The van der Waals surface area contributed by atoms with E-state index in [0.29, 0.717) is 25.5 Å². The second-order valence-corrected chi connectivity index (χ2v) is 10.1. The Morgan fingerprint density at radius 3 is 2.53 bits per heavy atom. The molecular weight excluding hydrogens is 424 g/mol. The van der Waals surface area contributed by atoms with E-state index in [2.05, 4.69) is 80.4 Å². The van der Waals surface area contributed by atoms with Crippen molar-refractivity contribution in [2.75, 3.05) is 18.1 Å². The molecule has 0 saturated heterocycles. The Morgan fingerprint density at radius 2 is 1.76 bits per heavy atom. The quantitative estimate of drug-likeness (QED) is 0.393. The molecule has 34 heavy (non-hydrogen) atoms. The Kier molecular flexibility index (Phi) is 7.99. The van der Waals surface area contributed by atoms with Crippen molar-refractivity contribution in [2.24, 2.45) is 16.3 Å². The zero-order valence-corrected chi connectivity index (χ0v) is 21.0. The van der Waals surface area contributed by atoms with Crippen LogP contribution in [0.3, 0.4) is 0 Å². The van der Waals surface area contributed by atoms with Crippen LogP contribution in [0.25, 0.3) is 0 Å². The summed E-state index contributed by atoms with van der Waals surface area (Å²) in [6.45, 7) is 10.5. The largest absolute Gasteiger partial charge is 0.379 e. The van der Waals surface area contributed by atoms with Gasteiger partial charge in [-0.15, -0.1) is 0 Å². The molecule has 2 aromatic carbocycles. The van der Waals surface area contributed by atoms with E-state index in [1.807, 2.05) is 11.0 Å². The number of ether oxygens (including phenoxy) is 1. The van der Waals surface area contributed by atoms with Gasteiger partial charge in [0.2, 0.25) is 5.91 Å². The number of carbonyl (C=O) groups is 1. The van der Waals surface area contributed by atoms with Gasteiger partial charge in [0.05, 0.1) is 12.6 Å². The summed E-state index contributed by atoms with van der Waals surface area (Å²) in [6.07, 6.45) is 3.63. The number of para-hydroxylation sites is 1. The summed E-state index contributed by atoms with van der Waals surface area (Å²) in [5, 5.41) is 11.5. The molecular formula is C28H38N4O2. The van der Waals surface area contributed by atoms with Crippen LogP contribution >= 0.6 is 0 Å². The minimum Gasteiger partial charge on any atom is -0.379 e. The third-order valence-corrected chi connectivity index (χ3v) is 6.62. The highest BCUT2D eigenvalue weighted by atomic mass is 16.5. The predicted molar refractivity (Wildman–Crippen MR) is 136 cm³/mol. The lowest BCUT2D eigenvalue weighted by molar-refractivity contribution is -0.118. The molecule has 6 heteroatoms. The molecule has 2 aliphatic heterocycles. The molecule has 0 aliphatic carbocycles. The van der Waals surface area contributed by atoms with Crippen molar-refractivity contribution in [3.8, 4) is 0 Å². The zero-order valence-electron chi connectivity index (χ0n) is 21.0. The van der Waals surface area contributed by atoms with Crippen LogP contribution < -0.4 is 4.90 Å². The molecule has 0 N–H and O–H groups in total. The van der Waals surface area contributed by atoms with Crippen molar-refractivity contribution in [1.82, 2.24) is 5.01 Å². The van der Waals surface area contributed by atoms with Gasteiger partial charge in [-0.25, -0.2) is 0 Å². The van der Waals surface area contributed by atoms with Crippen molar-refractivity contribution >= 4 is 11.6 Å². The molecule has 0 radical (unpaired) electrons. The van der Waals surface area contributed by atoms with E-state index < -0.39 is 0 Å². The number of amides is 1. The fraction of sp³-hybridized carbons (Fsp3) is 0.536.